The molecule has 0 spiro atoms. The molecular formula is C23H31N5O4. The van der Waals surface area contributed by atoms with Crippen LogP contribution in [0.25, 0.3) is 0 Å². The van der Waals surface area contributed by atoms with E-state index < -0.39 is 11.9 Å². The van der Waals surface area contributed by atoms with Crippen molar-refractivity contribution in [1.29, 1.82) is 0 Å². The number of rotatable bonds is 9. The van der Waals surface area contributed by atoms with E-state index in [1.54, 1.807) is 16.7 Å². The zero-order valence-corrected chi connectivity index (χ0v) is 18.8. The van der Waals surface area contributed by atoms with E-state index in [0.717, 1.165) is 12.0 Å². The summed E-state index contributed by atoms with van der Waals surface area (Å²) >= 11 is 0. The van der Waals surface area contributed by atoms with Crippen LogP contribution in [0, 0.1) is 5.92 Å². The summed E-state index contributed by atoms with van der Waals surface area (Å²) in [6.07, 6.45) is 0.741. The Labute approximate surface area is 188 Å². The molecule has 9 nitrogen and oxygen atoms in total. The van der Waals surface area contributed by atoms with Gasteiger partial charge in [0, 0.05) is 39.4 Å². The number of nitrogens with zero attached hydrogens (tertiary/aromatic N) is 3. The van der Waals surface area contributed by atoms with Crippen molar-refractivity contribution in [1.82, 2.24) is 25.3 Å². The number of hydrogen-bond donors (Lipinski definition) is 2. The number of hydrogen-bond acceptors (Lipinski definition) is 5. The molecule has 0 radical (unpaired) electrons. The predicted molar refractivity (Wildman–Crippen MR) is 119 cm³/mol. The molecule has 2 aromatic rings. The summed E-state index contributed by atoms with van der Waals surface area (Å²) in [7, 11) is 1.55. The average Bonchev–Trinajstić information content (AvgIpc) is 3.15. The van der Waals surface area contributed by atoms with Crippen LogP contribution >= 0.6 is 0 Å². The molecule has 3 amide bonds. The summed E-state index contributed by atoms with van der Waals surface area (Å²) in [5.41, 5.74) is 1.56. The van der Waals surface area contributed by atoms with Gasteiger partial charge in [0.25, 0.3) is 11.8 Å². The fourth-order valence-electron chi connectivity index (χ4n) is 3.64. The van der Waals surface area contributed by atoms with Crippen LogP contribution in [-0.4, -0.2) is 65.2 Å². The standard InChI is InChI=1S/C23H31N5O4/c1-16(2)20(22(30)24-10-13-32-3)25-21(29)18-14-19-23(31)27(11-7-12-28(19)26-18)15-17-8-5-4-6-9-17/h4-6,8-9,14,16,20H,7,10-13,15H2,1-3H3,(H,24,30)(H,25,29)/t20-/m0/s1. The van der Waals surface area contributed by atoms with Gasteiger partial charge in [0.1, 0.15) is 11.7 Å². The number of methoxy groups -OCH3 is 1. The van der Waals surface area contributed by atoms with Gasteiger partial charge in [0.15, 0.2) is 5.69 Å². The topological polar surface area (TPSA) is 106 Å². The van der Waals surface area contributed by atoms with Gasteiger partial charge in [-0.2, -0.15) is 5.10 Å². The van der Waals surface area contributed by atoms with Crippen LogP contribution in [-0.2, 0) is 22.6 Å². The van der Waals surface area contributed by atoms with E-state index in [-0.39, 0.29) is 23.4 Å². The van der Waals surface area contributed by atoms with E-state index in [4.69, 9.17) is 4.74 Å². The predicted octanol–water partition coefficient (Wildman–Crippen LogP) is 1.45. The second-order valence-corrected chi connectivity index (χ2v) is 8.18. The van der Waals surface area contributed by atoms with E-state index in [0.29, 0.717) is 38.5 Å². The summed E-state index contributed by atoms with van der Waals surface area (Å²) in [4.78, 5) is 40.2. The lowest BCUT2D eigenvalue weighted by molar-refractivity contribution is -0.124. The molecule has 3 rings (SSSR count). The molecule has 1 aromatic heterocycles. The first-order valence-corrected chi connectivity index (χ1v) is 10.9. The van der Waals surface area contributed by atoms with Gasteiger partial charge in [0.05, 0.1) is 6.61 Å². The minimum Gasteiger partial charge on any atom is -0.383 e. The second kappa shape index (κ2) is 10.9. The first kappa shape index (κ1) is 23.5. The molecule has 2 N–H and O–H groups in total. The second-order valence-electron chi connectivity index (χ2n) is 8.18. The minimum absolute atomic E-state index is 0.120. The summed E-state index contributed by atoms with van der Waals surface area (Å²) < 4.78 is 6.53. The molecule has 0 saturated heterocycles. The number of amides is 3. The van der Waals surface area contributed by atoms with Crippen molar-refractivity contribution in [2.45, 2.75) is 39.4 Å². The maximum Gasteiger partial charge on any atom is 0.272 e. The third-order valence-corrected chi connectivity index (χ3v) is 5.37. The van der Waals surface area contributed by atoms with Crippen molar-refractivity contribution >= 4 is 17.7 Å². The van der Waals surface area contributed by atoms with Crippen LogP contribution in [0.4, 0.5) is 0 Å². The van der Waals surface area contributed by atoms with E-state index in [9.17, 15) is 14.4 Å². The monoisotopic (exact) mass is 441 g/mol. The zero-order valence-electron chi connectivity index (χ0n) is 18.8. The van der Waals surface area contributed by atoms with Gasteiger partial charge in [-0.25, -0.2) is 0 Å². The number of carbonyl (C=O) groups is 3. The van der Waals surface area contributed by atoms with E-state index in [2.05, 4.69) is 15.7 Å². The van der Waals surface area contributed by atoms with Gasteiger partial charge < -0.3 is 20.3 Å². The third kappa shape index (κ3) is 5.73. The number of aryl methyl sites for hydroxylation is 1. The fraction of sp³-hybridized carbons (Fsp3) is 0.478. The number of carbonyl (C=O) groups excluding carboxylic acids is 3. The number of fused-ring (bicyclic) bond motifs is 1. The summed E-state index contributed by atoms with van der Waals surface area (Å²) in [6.45, 7) is 6.13. The number of nitrogens with one attached hydrogen (secondary N) is 2. The number of benzene rings is 1. The summed E-state index contributed by atoms with van der Waals surface area (Å²) in [6, 6.07) is 10.6. The van der Waals surface area contributed by atoms with Gasteiger partial charge >= 0.3 is 0 Å². The lowest BCUT2D eigenvalue weighted by Gasteiger charge is -2.21. The molecular weight excluding hydrogens is 410 g/mol. The lowest BCUT2D eigenvalue weighted by Crippen LogP contribution is -2.50. The Kier molecular flexibility index (Phi) is 7.99. The highest BCUT2D eigenvalue weighted by Crippen LogP contribution is 2.17. The van der Waals surface area contributed by atoms with E-state index in [1.165, 1.54) is 6.07 Å². The smallest absolute Gasteiger partial charge is 0.272 e. The van der Waals surface area contributed by atoms with Crippen molar-refractivity contribution in [3.05, 3.63) is 53.3 Å². The third-order valence-electron chi connectivity index (χ3n) is 5.37. The molecule has 1 atom stereocenters. The Morgan fingerprint density at radius 2 is 1.94 bits per heavy atom. The van der Waals surface area contributed by atoms with Gasteiger partial charge in [-0.15, -0.1) is 0 Å². The van der Waals surface area contributed by atoms with Gasteiger partial charge in [-0.05, 0) is 17.9 Å². The van der Waals surface area contributed by atoms with Crippen molar-refractivity contribution in [3.8, 4) is 0 Å². The van der Waals surface area contributed by atoms with Crippen LogP contribution in [0.15, 0.2) is 36.4 Å². The normalized spacial score (nSPS) is 14.6. The molecule has 1 aliphatic rings. The highest BCUT2D eigenvalue weighted by atomic mass is 16.5. The molecule has 9 heteroatoms. The molecule has 0 unspecified atom stereocenters. The van der Waals surface area contributed by atoms with Crippen molar-refractivity contribution < 1.29 is 19.1 Å². The number of ether oxygens (including phenoxy) is 1. The molecule has 172 valence electrons. The Bertz CT molecular complexity index is 941. The first-order valence-electron chi connectivity index (χ1n) is 10.9. The Morgan fingerprint density at radius 3 is 2.62 bits per heavy atom. The van der Waals surface area contributed by atoms with Crippen LogP contribution in [0.3, 0.4) is 0 Å². The van der Waals surface area contributed by atoms with Crippen LogP contribution in [0.1, 0.15) is 46.8 Å². The van der Waals surface area contributed by atoms with Crippen LogP contribution in [0.2, 0.25) is 0 Å². The first-order chi connectivity index (χ1) is 15.4. The number of aromatic nitrogens is 2. The fourth-order valence-corrected chi connectivity index (χ4v) is 3.64. The van der Waals surface area contributed by atoms with Gasteiger partial charge in [0.2, 0.25) is 5.91 Å². The van der Waals surface area contributed by atoms with E-state index in [1.807, 2.05) is 44.2 Å². The molecule has 0 bridgehead atoms. The van der Waals surface area contributed by atoms with E-state index >= 15 is 0 Å². The molecule has 2 heterocycles. The van der Waals surface area contributed by atoms with Crippen LogP contribution in [0.5, 0.6) is 0 Å². The van der Waals surface area contributed by atoms with Crippen molar-refractivity contribution in [2.75, 3.05) is 26.8 Å². The lowest BCUT2D eigenvalue weighted by atomic mass is 10.0. The van der Waals surface area contributed by atoms with Crippen LogP contribution < -0.4 is 10.6 Å². The largest absolute Gasteiger partial charge is 0.383 e. The molecule has 0 saturated carbocycles. The van der Waals surface area contributed by atoms with Crippen molar-refractivity contribution in [2.24, 2.45) is 5.92 Å². The van der Waals surface area contributed by atoms with Gasteiger partial charge in [-0.1, -0.05) is 44.2 Å². The molecule has 1 aromatic carbocycles. The maximum atomic E-state index is 13.1. The summed E-state index contributed by atoms with van der Waals surface area (Å²) in [5.74, 6) is -1.04. The van der Waals surface area contributed by atoms with Gasteiger partial charge in [-0.3, -0.25) is 19.1 Å². The SMILES string of the molecule is COCCNC(=O)[C@@H](NC(=O)c1cc2n(n1)CCCN(Cc1ccccc1)C2=O)C(C)C. The molecule has 0 fully saturated rings. The average molecular weight is 442 g/mol. The Balaban J connectivity index is 1.71. The quantitative estimate of drug-likeness (QED) is 0.573. The summed E-state index contributed by atoms with van der Waals surface area (Å²) in [5, 5.41) is 9.86. The molecule has 1 aliphatic heterocycles. The zero-order chi connectivity index (χ0) is 23.1. The Morgan fingerprint density at radius 1 is 1.19 bits per heavy atom. The Hall–Kier alpha value is -3.20. The molecule has 0 aliphatic carbocycles. The maximum absolute atomic E-state index is 13.1. The highest BCUT2D eigenvalue weighted by Gasteiger charge is 2.29. The highest BCUT2D eigenvalue weighted by molar-refractivity contribution is 5.99. The minimum atomic E-state index is -0.717. The molecule has 32 heavy (non-hydrogen) atoms. The van der Waals surface area contributed by atoms with Crippen molar-refractivity contribution in [3.63, 3.8) is 0 Å².